The zero-order chi connectivity index (χ0) is 14.9. The third-order valence-electron chi connectivity index (χ3n) is 3.44. The fourth-order valence-corrected chi connectivity index (χ4v) is 2.13. The molecule has 0 radical (unpaired) electrons. The molecule has 0 aliphatic heterocycles. The molecule has 0 saturated heterocycles. The summed E-state index contributed by atoms with van der Waals surface area (Å²) in [4.78, 5) is 12.0. The molecule has 0 fully saturated rings. The first-order chi connectivity index (χ1) is 9.34. The van der Waals surface area contributed by atoms with Crippen LogP contribution >= 0.6 is 0 Å². The number of hydrogen-bond donors (Lipinski definition) is 0. The van der Waals surface area contributed by atoms with Crippen LogP contribution in [0.4, 0.5) is 0 Å². The van der Waals surface area contributed by atoms with Gasteiger partial charge >= 0.3 is 0 Å². The van der Waals surface area contributed by atoms with Crippen LogP contribution in [-0.4, -0.2) is 4.57 Å². The summed E-state index contributed by atoms with van der Waals surface area (Å²) in [5, 5.41) is 9.21. The number of nitriles is 1. The average Bonchev–Trinajstić information content (AvgIpc) is 2.41. The van der Waals surface area contributed by atoms with E-state index in [0.29, 0.717) is 5.56 Å². The van der Waals surface area contributed by atoms with Crippen molar-refractivity contribution in [3.05, 3.63) is 58.0 Å². The number of aromatic nitrogens is 1. The molecule has 1 aromatic carbocycles. The van der Waals surface area contributed by atoms with Crippen molar-refractivity contribution in [2.75, 3.05) is 0 Å². The van der Waals surface area contributed by atoms with Crippen LogP contribution in [0.25, 0.3) is 11.1 Å². The molecule has 2 rings (SSSR count). The summed E-state index contributed by atoms with van der Waals surface area (Å²) in [6, 6.07) is 11.9. The Morgan fingerprint density at radius 1 is 1.10 bits per heavy atom. The molecule has 0 bridgehead atoms. The van der Waals surface area contributed by atoms with Crippen LogP contribution in [-0.2, 0) is 12.5 Å². The molecule has 0 saturated carbocycles. The number of nitrogens with zero attached hydrogens (tertiary/aromatic N) is 2. The number of hydrogen-bond acceptors (Lipinski definition) is 2. The van der Waals surface area contributed by atoms with Crippen molar-refractivity contribution in [2.24, 2.45) is 7.05 Å². The monoisotopic (exact) mass is 266 g/mol. The molecule has 3 nitrogen and oxygen atoms in total. The van der Waals surface area contributed by atoms with Crippen LogP contribution in [0.1, 0.15) is 31.9 Å². The normalized spacial score (nSPS) is 11.2. The van der Waals surface area contributed by atoms with E-state index in [1.807, 2.05) is 36.4 Å². The van der Waals surface area contributed by atoms with Crippen LogP contribution in [0.15, 0.2) is 41.3 Å². The summed E-state index contributed by atoms with van der Waals surface area (Å²) in [5.41, 5.74) is 2.83. The van der Waals surface area contributed by atoms with E-state index in [1.54, 1.807) is 13.2 Å². The fraction of sp³-hybridized carbons (Fsp3) is 0.294. The first kappa shape index (κ1) is 14.1. The van der Waals surface area contributed by atoms with Crippen LogP contribution in [0.5, 0.6) is 0 Å². The van der Waals surface area contributed by atoms with Crippen molar-refractivity contribution < 1.29 is 0 Å². The Labute approximate surface area is 119 Å². The number of aryl methyl sites for hydroxylation is 1. The lowest BCUT2D eigenvalue weighted by atomic mass is 9.86. The Hall–Kier alpha value is -2.34. The quantitative estimate of drug-likeness (QED) is 0.795. The standard InChI is InChI=1S/C17H18N2O/c1-17(2,3)13-7-5-12(6-8-13)14-9-10-19(4)16(20)15(14)11-18/h5-10H,1-4H3. The largest absolute Gasteiger partial charge is 0.317 e. The predicted molar refractivity (Wildman–Crippen MR) is 80.5 cm³/mol. The molecule has 0 amide bonds. The number of benzene rings is 1. The van der Waals surface area contributed by atoms with E-state index in [9.17, 15) is 10.1 Å². The minimum absolute atomic E-state index is 0.0867. The van der Waals surface area contributed by atoms with Gasteiger partial charge in [-0.2, -0.15) is 5.26 Å². The summed E-state index contributed by atoms with van der Waals surface area (Å²) in [6.45, 7) is 6.46. The van der Waals surface area contributed by atoms with Gasteiger partial charge in [0.1, 0.15) is 11.6 Å². The molecular formula is C17H18N2O. The summed E-state index contributed by atoms with van der Waals surface area (Å²) >= 11 is 0. The number of rotatable bonds is 1. The van der Waals surface area contributed by atoms with Crippen LogP contribution < -0.4 is 5.56 Å². The maximum absolute atomic E-state index is 12.0. The Morgan fingerprint density at radius 3 is 2.20 bits per heavy atom. The van der Waals surface area contributed by atoms with Gasteiger partial charge in [-0.05, 0) is 22.6 Å². The van der Waals surface area contributed by atoms with E-state index in [4.69, 9.17) is 0 Å². The smallest absolute Gasteiger partial charge is 0.268 e. The third kappa shape index (κ3) is 2.50. The first-order valence-electron chi connectivity index (χ1n) is 6.55. The Kier molecular flexibility index (Phi) is 3.50. The summed E-state index contributed by atoms with van der Waals surface area (Å²) in [7, 11) is 1.65. The fourth-order valence-electron chi connectivity index (χ4n) is 2.13. The lowest BCUT2D eigenvalue weighted by Crippen LogP contribution is -2.19. The lowest BCUT2D eigenvalue weighted by Gasteiger charge is -2.19. The zero-order valence-corrected chi connectivity index (χ0v) is 12.3. The molecule has 2 aromatic rings. The second kappa shape index (κ2) is 4.97. The van der Waals surface area contributed by atoms with Crippen LogP contribution in [0.2, 0.25) is 0 Å². The van der Waals surface area contributed by atoms with Crippen molar-refractivity contribution in [1.82, 2.24) is 4.57 Å². The molecule has 0 aliphatic carbocycles. The second-order valence-electron chi connectivity index (χ2n) is 5.96. The van der Waals surface area contributed by atoms with Crippen molar-refractivity contribution in [1.29, 1.82) is 5.26 Å². The first-order valence-corrected chi connectivity index (χ1v) is 6.55. The van der Waals surface area contributed by atoms with Crippen molar-refractivity contribution in [3.8, 4) is 17.2 Å². The molecule has 0 atom stereocenters. The highest BCUT2D eigenvalue weighted by Gasteiger charge is 2.14. The highest BCUT2D eigenvalue weighted by molar-refractivity contribution is 5.70. The van der Waals surface area contributed by atoms with Gasteiger partial charge in [-0.25, -0.2) is 0 Å². The Morgan fingerprint density at radius 2 is 1.70 bits per heavy atom. The van der Waals surface area contributed by atoms with E-state index in [-0.39, 0.29) is 16.5 Å². The van der Waals surface area contributed by atoms with Gasteiger partial charge in [-0.3, -0.25) is 4.79 Å². The lowest BCUT2D eigenvalue weighted by molar-refractivity contribution is 0.590. The second-order valence-corrected chi connectivity index (χ2v) is 5.96. The molecule has 1 aromatic heterocycles. The third-order valence-corrected chi connectivity index (χ3v) is 3.44. The molecular weight excluding hydrogens is 248 g/mol. The molecule has 0 aliphatic rings. The number of pyridine rings is 1. The maximum atomic E-state index is 12.0. The van der Waals surface area contributed by atoms with Crippen LogP contribution in [0, 0.1) is 11.3 Å². The van der Waals surface area contributed by atoms with E-state index in [2.05, 4.69) is 20.8 Å². The van der Waals surface area contributed by atoms with Gasteiger partial charge in [0.15, 0.2) is 0 Å². The van der Waals surface area contributed by atoms with Gasteiger partial charge in [0.2, 0.25) is 0 Å². The molecule has 0 spiro atoms. The Bertz CT molecular complexity index is 726. The summed E-state index contributed by atoms with van der Waals surface area (Å²) < 4.78 is 1.42. The zero-order valence-electron chi connectivity index (χ0n) is 12.3. The summed E-state index contributed by atoms with van der Waals surface area (Å²) in [6.07, 6.45) is 1.69. The van der Waals surface area contributed by atoms with E-state index < -0.39 is 0 Å². The maximum Gasteiger partial charge on any atom is 0.268 e. The van der Waals surface area contributed by atoms with Gasteiger partial charge in [0.05, 0.1) is 0 Å². The van der Waals surface area contributed by atoms with Crippen molar-refractivity contribution >= 4 is 0 Å². The minimum atomic E-state index is -0.259. The van der Waals surface area contributed by atoms with Gasteiger partial charge in [-0.1, -0.05) is 45.0 Å². The molecule has 102 valence electrons. The van der Waals surface area contributed by atoms with Crippen molar-refractivity contribution in [2.45, 2.75) is 26.2 Å². The van der Waals surface area contributed by atoms with Gasteiger partial charge in [-0.15, -0.1) is 0 Å². The van der Waals surface area contributed by atoms with Gasteiger partial charge < -0.3 is 4.57 Å². The summed E-state index contributed by atoms with van der Waals surface area (Å²) in [5.74, 6) is 0. The Balaban J connectivity index is 2.57. The highest BCUT2D eigenvalue weighted by Crippen LogP contribution is 2.26. The van der Waals surface area contributed by atoms with Crippen molar-refractivity contribution in [3.63, 3.8) is 0 Å². The van der Waals surface area contributed by atoms with Gasteiger partial charge in [0.25, 0.3) is 5.56 Å². The van der Waals surface area contributed by atoms with E-state index in [1.165, 1.54) is 10.1 Å². The molecule has 3 heteroatoms. The molecule has 1 heterocycles. The van der Waals surface area contributed by atoms with Crippen LogP contribution in [0.3, 0.4) is 0 Å². The molecule has 0 N–H and O–H groups in total. The van der Waals surface area contributed by atoms with E-state index in [0.717, 1.165) is 5.56 Å². The average molecular weight is 266 g/mol. The minimum Gasteiger partial charge on any atom is -0.317 e. The van der Waals surface area contributed by atoms with Gasteiger partial charge in [0, 0.05) is 18.8 Å². The SMILES string of the molecule is Cn1ccc(-c2ccc(C(C)(C)C)cc2)c(C#N)c1=O. The topological polar surface area (TPSA) is 45.8 Å². The molecule has 20 heavy (non-hydrogen) atoms. The predicted octanol–water partition coefficient (Wildman–Crippen LogP) is 3.22. The van der Waals surface area contributed by atoms with E-state index >= 15 is 0 Å². The molecule has 0 unspecified atom stereocenters. The highest BCUT2D eigenvalue weighted by atomic mass is 16.1.